The van der Waals surface area contributed by atoms with E-state index in [1.165, 1.54) is 0 Å². The maximum absolute atomic E-state index is 12.4. The van der Waals surface area contributed by atoms with Gasteiger partial charge in [-0.25, -0.2) is 0 Å². The van der Waals surface area contributed by atoms with Crippen molar-refractivity contribution in [1.29, 1.82) is 0 Å². The van der Waals surface area contributed by atoms with Crippen molar-refractivity contribution in [2.24, 2.45) is 0 Å². The van der Waals surface area contributed by atoms with Crippen LogP contribution in [-0.4, -0.2) is 44.0 Å². The van der Waals surface area contributed by atoms with Crippen molar-refractivity contribution in [2.75, 3.05) is 49.2 Å². The summed E-state index contributed by atoms with van der Waals surface area (Å²) in [5.41, 5.74) is 8.84. The van der Waals surface area contributed by atoms with Crippen LogP contribution in [0.15, 0.2) is 36.4 Å². The monoisotopic (exact) mass is 378 g/mol. The zero-order valence-corrected chi connectivity index (χ0v) is 15.4. The van der Waals surface area contributed by atoms with Gasteiger partial charge in [0.15, 0.2) is 0 Å². The summed E-state index contributed by atoms with van der Waals surface area (Å²) in [6.45, 7) is 3.89. The fraction of sp³-hybridized carbons (Fsp3) is 0.278. The predicted molar refractivity (Wildman–Crippen MR) is 105 cm³/mol. The molecule has 132 valence electrons. The van der Waals surface area contributed by atoms with Crippen LogP contribution in [0.3, 0.4) is 0 Å². The van der Waals surface area contributed by atoms with Crippen molar-refractivity contribution in [1.82, 2.24) is 4.90 Å². The van der Waals surface area contributed by atoms with Gasteiger partial charge in [-0.2, -0.15) is 0 Å². The molecule has 0 saturated carbocycles. The summed E-state index contributed by atoms with van der Waals surface area (Å²) in [5.74, 6) is -0.298. The van der Waals surface area contributed by atoms with Crippen molar-refractivity contribution in [3.63, 3.8) is 0 Å². The highest BCUT2D eigenvalue weighted by molar-refractivity contribution is 6.37. The topological polar surface area (TPSA) is 61.6 Å². The van der Waals surface area contributed by atoms with Crippen molar-refractivity contribution < 1.29 is 4.79 Å². The van der Waals surface area contributed by atoms with Crippen LogP contribution in [0.1, 0.15) is 10.4 Å². The van der Waals surface area contributed by atoms with E-state index in [1.54, 1.807) is 24.3 Å². The van der Waals surface area contributed by atoms with Crippen LogP contribution < -0.4 is 16.0 Å². The molecule has 2 aromatic rings. The number of nitrogens with zero attached hydrogens (tertiary/aromatic N) is 2. The van der Waals surface area contributed by atoms with E-state index in [1.807, 2.05) is 12.1 Å². The Morgan fingerprint density at radius 3 is 2.44 bits per heavy atom. The van der Waals surface area contributed by atoms with Crippen LogP contribution in [0.4, 0.5) is 17.1 Å². The summed E-state index contributed by atoms with van der Waals surface area (Å²) in [6, 6.07) is 10.3. The maximum Gasteiger partial charge on any atom is 0.257 e. The molecular weight excluding hydrogens is 359 g/mol. The Morgan fingerprint density at radius 1 is 1.08 bits per heavy atom. The van der Waals surface area contributed by atoms with E-state index in [0.29, 0.717) is 27.0 Å². The number of anilines is 3. The number of rotatable bonds is 3. The molecule has 1 aliphatic rings. The van der Waals surface area contributed by atoms with Crippen molar-refractivity contribution in [2.45, 2.75) is 0 Å². The van der Waals surface area contributed by atoms with Gasteiger partial charge in [-0.15, -0.1) is 0 Å². The van der Waals surface area contributed by atoms with E-state index in [9.17, 15) is 4.79 Å². The molecule has 1 aliphatic heterocycles. The Bertz CT molecular complexity index is 789. The van der Waals surface area contributed by atoms with Crippen molar-refractivity contribution in [3.8, 4) is 0 Å². The van der Waals surface area contributed by atoms with Crippen LogP contribution in [0.25, 0.3) is 0 Å². The molecule has 7 heteroatoms. The third kappa shape index (κ3) is 4.18. The lowest BCUT2D eigenvalue weighted by Crippen LogP contribution is -2.44. The van der Waals surface area contributed by atoms with Gasteiger partial charge < -0.3 is 20.9 Å². The third-order valence-corrected chi connectivity index (χ3v) is 4.85. The molecule has 0 unspecified atom stereocenters. The minimum atomic E-state index is -0.298. The lowest BCUT2D eigenvalue weighted by Gasteiger charge is -2.34. The van der Waals surface area contributed by atoms with Gasteiger partial charge in [0.05, 0.1) is 22.0 Å². The molecule has 5 nitrogen and oxygen atoms in total. The Morgan fingerprint density at radius 2 is 1.80 bits per heavy atom. The second kappa shape index (κ2) is 7.52. The van der Waals surface area contributed by atoms with Crippen LogP contribution in [0.5, 0.6) is 0 Å². The number of hydrogen-bond acceptors (Lipinski definition) is 4. The van der Waals surface area contributed by atoms with E-state index in [0.717, 1.165) is 31.9 Å². The van der Waals surface area contributed by atoms with Crippen LogP contribution >= 0.6 is 23.2 Å². The van der Waals surface area contributed by atoms with Crippen LogP contribution in [0, 0.1) is 0 Å². The molecule has 3 N–H and O–H groups in total. The molecule has 0 bridgehead atoms. The van der Waals surface area contributed by atoms with Gasteiger partial charge in [0.25, 0.3) is 5.91 Å². The number of benzene rings is 2. The van der Waals surface area contributed by atoms with Gasteiger partial charge in [0, 0.05) is 36.9 Å². The minimum absolute atomic E-state index is 0.298. The maximum atomic E-state index is 12.4. The largest absolute Gasteiger partial charge is 0.397 e. The molecule has 25 heavy (non-hydrogen) atoms. The van der Waals surface area contributed by atoms with Gasteiger partial charge in [0.1, 0.15) is 0 Å². The molecule has 1 amide bonds. The molecule has 1 heterocycles. The number of carbonyl (C=O) groups excluding carboxylic acids is 1. The second-order valence-electron chi connectivity index (χ2n) is 6.14. The molecule has 2 aromatic carbocycles. The number of halogens is 2. The van der Waals surface area contributed by atoms with Crippen molar-refractivity contribution >= 4 is 46.2 Å². The highest BCUT2D eigenvalue weighted by Gasteiger charge is 2.17. The zero-order valence-electron chi connectivity index (χ0n) is 13.9. The average Bonchev–Trinajstić information content (AvgIpc) is 2.56. The summed E-state index contributed by atoms with van der Waals surface area (Å²) in [5, 5.41) is 3.62. The predicted octanol–water partition coefficient (Wildman–Crippen LogP) is 3.58. The van der Waals surface area contributed by atoms with E-state index < -0.39 is 0 Å². The molecule has 0 aliphatic carbocycles. The molecule has 3 rings (SSSR count). The third-order valence-electron chi connectivity index (χ3n) is 4.31. The van der Waals surface area contributed by atoms with Crippen LogP contribution in [-0.2, 0) is 0 Å². The summed E-state index contributed by atoms with van der Waals surface area (Å²) in [7, 11) is 2.11. The first-order valence-corrected chi connectivity index (χ1v) is 8.79. The average molecular weight is 379 g/mol. The second-order valence-corrected chi connectivity index (χ2v) is 6.99. The SMILES string of the molecule is CN1CCN(c2ccc(NC(=O)c3ccc(Cl)cc3Cl)cc2N)CC1. The Hall–Kier alpha value is -1.95. The number of piperazine rings is 1. The number of hydrogen-bond donors (Lipinski definition) is 2. The molecule has 1 saturated heterocycles. The molecule has 0 spiro atoms. The van der Waals surface area contributed by atoms with Gasteiger partial charge in [-0.05, 0) is 43.4 Å². The van der Waals surface area contributed by atoms with E-state index >= 15 is 0 Å². The van der Waals surface area contributed by atoms with Gasteiger partial charge in [-0.3, -0.25) is 4.79 Å². The number of amides is 1. The van der Waals surface area contributed by atoms with E-state index in [2.05, 4.69) is 22.2 Å². The number of nitrogens with one attached hydrogen (secondary N) is 1. The Balaban J connectivity index is 1.73. The normalized spacial score (nSPS) is 15.2. The van der Waals surface area contributed by atoms with Gasteiger partial charge >= 0.3 is 0 Å². The molecule has 0 radical (unpaired) electrons. The summed E-state index contributed by atoms with van der Waals surface area (Å²) in [6.07, 6.45) is 0. The van der Waals surface area contributed by atoms with E-state index in [-0.39, 0.29) is 5.91 Å². The van der Waals surface area contributed by atoms with Gasteiger partial charge in [0.2, 0.25) is 0 Å². The number of likely N-dealkylation sites (N-methyl/N-ethyl adjacent to an activating group) is 1. The standard InChI is InChI=1S/C18H20Cl2N4O/c1-23-6-8-24(9-7-23)17-5-3-13(11-16(17)21)22-18(25)14-4-2-12(19)10-15(14)20/h2-5,10-11H,6-9,21H2,1H3,(H,22,25). The molecule has 0 atom stereocenters. The smallest absolute Gasteiger partial charge is 0.257 e. The fourth-order valence-electron chi connectivity index (χ4n) is 2.84. The first kappa shape index (κ1) is 17.9. The quantitative estimate of drug-likeness (QED) is 0.801. The number of nitrogen functional groups attached to an aromatic ring is 1. The fourth-order valence-corrected chi connectivity index (χ4v) is 3.33. The molecular formula is C18H20Cl2N4O. The highest BCUT2D eigenvalue weighted by atomic mass is 35.5. The van der Waals surface area contributed by atoms with Gasteiger partial charge in [-0.1, -0.05) is 23.2 Å². The zero-order chi connectivity index (χ0) is 18.0. The first-order valence-electron chi connectivity index (χ1n) is 8.03. The summed E-state index contributed by atoms with van der Waals surface area (Å²) >= 11 is 11.9. The minimum Gasteiger partial charge on any atom is -0.397 e. The highest BCUT2D eigenvalue weighted by Crippen LogP contribution is 2.28. The Labute approximate surface area is 157 Å². The van der Waals surface area contributed by atoms with E-state index in [4.69, 9.17) is 28.9 Å². The lowest BCUT2D eigenvalue weighted by atomic mass is 10.1. The van der Waals surface area contributed by atoms with Crippen molar-refractivity contribution in [3.05, 3.63) is 52.0 Å². The van der Waals surface area contributed by atoms with Crippen LogP contribution in [0.2, 0.25) is 10.0 Å². The molecule has 0 aromatic heterocycles. The lowest BCUT2D eigenvalue weighted by molar-refractivity contribution is 0.102. The summed E-state index contributed by atoms with van der Waals surface area (Å²) in [4.78, 5) is 16.9. The first-order chi connectivity index (χ1) is 11.9. The summed E-state index contributed by atoms with van der Waals surface area (Å²) < 4.78 is 0. The number of nitrogens with two attached hydrogens (primary N) is 1. The molecule has 1 fully saturated rings. The Kier molecular flexibility index (Phi) is 5.37. The number of carbonyl (C=O) groups is 1.